The molecule has 0 radical (unpaired) electrons. The number of piperazine rings is 1. The largest absolute Gasteiger partial charge is 0.469 e. The molecule has 1 amide bonds. The van der Waals surface area contributed by atoms with E-state index >= 15 is 0 Å². The molecule has 0 aliphatic carbocycles. The Morgan fingerprint density at radius 1 is 1.38 bits per heavy atom. The highest BCUT2D eigenvalue weighted by Crippen LogP contribution is 2.24. The van der Waals surface area contributed by atoms with Gasteiger partial charge in [-0.1, -0.05) is 0 Å². The molecule has 1 fully saturated rings. The summed E-state index contributed by atoms with van der Waals surface area (Å²) < 4.78 is 7.25. The molecule has 6 nitrogen and oxygen atoms in total. The highest BCUT2D eigenvalue weighted by molar-refractivity contribution is 5.95. The number of carbonyl (C=O) groups excluding carboxylic acids is 1. The Bertz CT molecular complexity index is 646. The normalized spacial score (nSPS) is 20.0. The fourth-order valence-corrected chi connectivity index (χ4v) is 2.81. The van der Waals surface area contributed by atoms with Crippen molar-refractivity contribution in [3.8, 4) is 0 Å². The minimum absolute atomic E-state index is 0.0357. The van der Waals surface area contributed by atoms with Crippen LogP contribution in [-0.2, 0) is 7.05 Å². The van der Waals surface area contributed by atoms with Crippen molar-refractivity contribution in [3.63, 3.8) is 0 Å². The zero-order valence-corrected chi connectivity index (χ0v) is 12.6. The van der Waals surface area contributed by atoms with E-state index in [1.807, 2.05) is 29.6 Å². The Hall–Kier alpha value is -2.08. The first-order valence-corrected chi connectivity index (χ1v) is 7.08. The molecule has 0 saturated carbocycles. The summed E-state index contributed by atoms with van der Waals surface area (Å²) in [6, 6.07) is 1.86. The summed E-state index contributed by atoms with van der Waals surface area (Å²) in [6.07, 6.45) is 5.29. The van der Waals surface area contributed by atoms with Crippen molar-refractivity contribution in [3.05, 3.63) is 41.9 Å². The van der Waals surface area contributed by atoms with E-state index in [0.29, 0.717) is 17.9 Å². The van der Waals surface area contributed by atoms with Crippen LogP contribution in [0.25, 0.3) is 0 Å². The van der Waals surface area contributed by atoms with E-state index in [2.05, 4.69) is 16.9 Å². The molecule has 112 valence electrons. The van der Waals surface area contributed by atoms with Crippen molar-refractivity contribution in [1.29, 1.82) is 0 Å². The molecule has 0 unspecified atom stereocenters. The topological polar surface area (TPSA) is 54.5 Å². The lowest BCUT2D eigenvalue weighted by molar-refractivity contribution is 0.0527. The number of amides is 1. The lowest BCUT2D eigenvalue weighted by Gasteiger charge is -2.38. The van der Waals surface area contributed by atoms with Crippen molar-refractivity contribution >= 4 is 5.91 Å². The van der Waals surface area contributed by atoms with E-state index in [4.69, 9.17) is 4.42 Å². The van der Waals surface area contributed by atoms with Crippen molar-refractivity contribution in [2.24, 2.45) is 7.05 Å². The van der Waals surface area contributed by atoms with Gasteiger partial charge in [0.1, 0.15) is 11.6 Å². The Morgan fingerprint density at radius 2 is 2.19 bits per heavy atom. The summed E-state index contributed by atoms with van der Waals surface area (Å²) in [5.41, 5.74) is 0.651. The summed E-state index contributed by atoms with van der Waals surface area (Å²) >= 11 is 0. The number of hydrogen-bond donors (Lipinski definition) is 0. The Balaban J connectivity index is 1.82. The first-order chi connectivity index (χ1) is 10.1. The minimum atomic E-state index is 0.0357. The monoisotopic (exact) mass is 288 g/mol. The predicted octanol–water partition coefficient (Wildman–Crippen LogP) is 1.45. The molecule has 0 N–H and O–H groups in total. The maximum absolute atomic E-state index is 12.6. The molecule has 1 aliphatic rings. The molecule has 0 aromatic carbocycles. The van der Waals surface area contributed by atoms with E-state index in [9.17, 15) is 4.79 Å². The second-order valence-corrected chi connectivity index (χ2v) is 5.53. The summed E-state index contributed by atoms with van der Waals surface area (Å²) in [7, 11) is 4.06. The van der Waals surface area contributed by atoms with Crippen molar-refractivity contribution in [1.82, 2.24) is 19.4 Å². The average Bonchev–Trinajstić information content (AvgIpc) is 3.07. The second-order valence-electron chi connectivity index (χ2n) is 5.53. The van der Waals surface area contributed by atoms with Crippen LogP contribution in [0.1, 0.15) is 28.0 Å². The van der Waals surface area contributed by atoms with Crippen LogP contribution in [-0.4, -0.2) is 51.9 Å². The van der Waals surface area contributed by atoms with Crippen molar-refractivity contribution < 1.29 is 9.21 Å². The molecular formula is C15H20N4O2. The van der Waals surface area contributed by atoms with E-state index in [-0.39, 0.29) is 11.9 Å². The minimum Gasteiger partial charge on any atom is -0.469 e. The smallest absolute Gasteiger partial charge is 0.257 e. The zero-order chi connectivity index (χ0) is 15.0. The van der Waals surface area contributed by atoms with Gasteiger partial charge in [-0.15, -0.1) is 0 Å². The number of aromatic nitrogens is 2. The Morgan fingerprint density at radius 3 is 2.81 bits per heavy atom. The molecule has 1 atom stereocenters. The maximum Gasteiger partial charge on any atom is 0.257 e. The maximum atomic E-state index is 12.6. The SMILES string of the molecule is Cc1occc1C(=O)N1CCN(C)[C@@H](c2nccn2C)C1. The highest BCUT2D eigenvalue weighted by Gasteiger charge is 2.31. The second kappa shape index (κ2) is 5.37. The van der Waals surface area contributed by atoms with Gasteiger partial charge in [-0.2, -0.15) is 0 Å². The molecule has 0 bridgehead atoms. The fraction of sp³-hybridized carbons (Fsp3) is 0.467. The van der Waals surface area contributed by atoms with E-state index in [1.54, 1.807) is 18.5 Å². The average molecular weight is 288 g/mol. The number of likely N-dealkylation sites (N-methyl/N-ethyl adjacent to an activating group) is 1. The van der Waals surface area contributed by atoms with Crippen LogP contribution in [0.4, 0.5) is 0 Å². The number of nitrogens with zero attached hydrogens (tertiary/aromatic N) is 4. The number of carbonyl (C=O) groups is 1. The lowest BCUT2D eigenvalue weighted by Crippen LogP contribution is -2.49. The van der Waals surface area contributed by atoms with Gasteiger partial charge < -0.3 is 13.9 Å². The van der Waals surface area contributed by atoms with Crippen LogP contribution >= 0.6 is 0 Å². The zero-order valence-electron chi connectivity index (χ0n) is 12.6. The number of rotatable bonds is 2. The summed E-state index contributed by atoms with van der Waals surface area (Å²) in [5, 5.41) is 0. The van der Waals surface area contributed by atoms with Gasteiger partial charge in [0, 0.05) is 39.1 Å². The quantitative estimate of drug-likeness (QED) is 0.839. The third kappa shape index (κ3) is 2.47. The highest BCUT2D eigenvalue weighted by atomic mass is 16.3. The van der Waals surface area contributed by atoms with Crippen molar-refractivity contribution in [2.75, 3.05) is 26.7 Å². The van der Waals surface area contributed by atoms with Gasteiger partial charge in [-0.3, -0.25) is 9.69 Å². The molecule has 3 rings (SSSR count). The Kier molecular flexibility index (Phi) is 3.55. The molecule has 1 aliphatic heterocycles. The van der Waals surface area contributed by atoms with Gasteiger partial charge in [-0.25, -0.2) is 4.98 Å². The van der Waals surface area contributed by atoms with Gasteiger partial charge in [0.05, 0.1) is 17.9 Å². The van der Waals surface area contributed by atoms with Crippen molar-refractivity contribution in [2.45, 2.75) is 13.0 Å². The molecule has 2 aromatic rings. The van der Waals surface area contributed by atoms with Gasteiger partial charge in [0.15, 0.2) is 0 Å². The summed E-state index contributed by atoms with van der Waals surface area (Å²) in [6.45, 7) is 4.02. The van der Waals surface area contributed by atoms with Gasteiger partial charge in [-0.05, 0) is 20.0 Å². The van der Waals surface area contributed by atoms with Crippen LogP contribution < -0.4 is 0 Å². The summed E-state index contributed by atoms with van der Waals surface area (Å²) in [5.74, 6) is 1.69. The van der Waals surface area contributed by atoms with Crippen LogP contribution in [0.2, 0.25) is 0 Å². The first-order valence-electron chi connectivity index (χ1n) is 7.08. The molecular weight excluding hydrogens is 268 g/mol. The van der Waals surface area contributed by atoms with Crippen LogP contribution in [0.15, 0.2) is 29.1 Å². The molecule has 21 heavy (non-hydrogen) atoms. The molecule has 0 spiro atoms. The fourth-order valence-electron chi connectivity index (χ4n) is 2.81. The van der Waals surface area contributed by atoms with Gasteiger partial charge in [0.25, 0.3) is 5.91 Å². The summed E-state index contributed by atoms with van der Waals surface area (Å²) in [4.78, 5) is 21.2. The molecule has 2 aromatic heterocycles. The van der Waals surface area contributed by atoms with Crippen LogP contribution in [0.3, 0.4) is 0 Å². The predicted molar refractivity (Wildman–Crippen MR) is 77.9 cm³/mol. The lowest BCUT2D eigenvalue weighted by atomic mass is 10.1. The molecule has 3 heterocycles. The number of furan rings is 1. The third-order valence-electron chi connectivity index (χ3n) is 4.18. The van der Waals surface area contributed by atoms with E-state index < -0.39 is 0 Å². The van der Waals surface area contributed by atoms with Gasteiger partial charge >= 0.3 is 0 Å². The molecule has 1 saturated heterocycles. The standard InChI is InChI=1S/C15H20N4O2/c1-11-12(4-9-21-11)15(20)19-8-7-17(2)13(10-19)14-16-5-6-18(14)3/h4-6,9,13H,7-8,10H2,1-3H3/t13-/m1/s1. The van der Waals surface area contributed by atoms with Crippen LogP contribution in [0.5, 0.6) is 0 Å². The first kappa shape index (κ1) is 13.9. The number of aryl methyl sites for hydroxylation is 2. The van der Waals surface area contributed by atoms with E-state index in [1.165, 1.54) is 0 Å². The number of hydrogen-bond acceptors (Lipinski definition) is 4. The Labute approximate surface area is 124 Å². The van der Waals surface area contributed by atoms with Crippen LogP contribution in [0, 0.1) is 6.92 Å². The van der Waals surface area contributed by atoms with Gasteiger partial charge in [0.2, 0.25) is 0 Å². The third-order valence-corrected chi connectivity index (χ3v) is 4.18. The van der Waals surface area contributed by atoms with E-state index in [0.717, 1.165) is 18.9 Å². The molecule has 6 heteroatoms. The number of imidazole rings is 1.